The highest BCUT2D eigenvalue weighted by Crippen LogP contribution is 2.24. The Morgan fingerprint density at radius 3 is 2.41 bits per heavy atom. The maximum Gasteiger partial charge on any atom is 0.309 e. The van der Waals surface area contributed by atoms with Crippen molar-refractivity contribution >= 4 is 21.8 Å². The molecule has 2 aromatic rings. The van der Waals surface area contributed by atoms with Crippen molar-refractivity contribution in [3.05, 3.63) is 54.1 Å². The summed E-state index contributed by atoms with van der Waals surface area (Å²) in [5.74, 6) is -0.618. The molecular formula is C21H25N3O7S. The first-order valence-electron chi connectivity index (χ1n) is 9.82. The highest BCUT2D eigenvalue weighted by Gasteiger charge is 2.36. The van der Waals surface area contributed by atoms with Gasteiger partial charge in [-0.2, -0.15) is 4.31 Å². The van der Waals surface area contributed by atoms with E-state index in [1.807, 2.05) is 0 Å². The lowest BCUT2D eigenvalue weighted by Gasteiger charge is -2.23. The zero-order chi connectivity index (χ0) is 23.1. The standard InChI is InChI=1S/C21H25N3O7S/c1-29-16-7-9-17(10-8-16)32(27,28)24-11-12-31-19(24)14-23-21(26)20(25)22-13-15-5-3-4-6-18(15)30-2/h3-10,19H,11-14H2,1-2H3,(H,22,25)(H,23,26)/t19-/m1/s1. The molecule has 10 nitrogen and oxygen atoms in total. The molecule has 0 aliphatic carbocycles. The molecular weight excluding hydrogens is 438 g/mol. The fraction of sp³-hybridized carbons (Fsp3) is 0.333. The minimum Gasteiger partial charge on any atom is -0.497 e. The van der Waals surface area contributed by atoms with Gasteiger partial charge >= 0.3 is 11.8 Å². The third kappa shape index (κ3) is 5.36. The summed E-state index contributed by atoms with van der Waals surface area (Å²) in [5, 5.41) is 4.94. The number of hydrogen-bond donors (Lipinski definition) is 2. The number of nitrogens with one attached hydrogen (secondary N) is 2. The van der Waals surface area contributed by atoms with E-state index >= 15 is 0 Å². The normalized spacial score (nSPS) is 16.4. The minimum absolute atomic E-state index is 0.0784. The van der Waals surface area contributed by atoms with Crippen LogP contribution >= 0.6 is 0 Å². The van der Waals surface area contributed by atoms with E-state index in [1.165, 1.54) is 26.4 Å². The second-order valence-corrected chi connectivity index (χ2v) is 8.71. The van der Waals surface area contributed by atoms with Crippen molar-refractivity contribution in [1.29, 1.82) is 0 Å². The largest absolute Gasteiger partial charge is 0.497 e. The number of hydrogen-bond acceptors (Lipinski definition) is 7. The Bertz CT molecular complexity index is 1060. The first-order chi connectivity index (χ1) is 15.4. The van der Waals surface area contributed by atoms with Gasteiger partial charge in [0, 0.05) is 18.7 Å². The van der Waals surface area contributed by atoms with Crippen LogP contribution in [0.2, 0.25) is 0 Å². The number of benzene rings is 2. The fourth-order valence-corrected chi connectivity index (χ4v) is 4.70. The topological polar surface area (TPSA) is 123 Å². The Morgan fingerprint density at radius 2 is 1.72 bits per heavy atom. The molecule has 1 aliphatic heterocycles. The van der Waals surface area contributed by atoms with Crippen LogP contribution in [-0.4, -0.2) is 64.7 Å². The average molecular weight is 464 g/mol. The molecule has 172 valence electrons. The van der Waals surface area contributed by atoms with Crippen molar-refractivity contribution < 1.29 is 32.2 Å². The Labute approximate surface area is 186 Å². The van der Waals surface area contributed by atoms with E-state index in [0.29, 0.717) is 17.1 Å². The maximum absolute atomic E-state index is 12.9. The third-order valence-corrected chi connectivity index (χ3v) is 6.79. The zero-order valence-corrected chi connectivity index (χ0v) is 18.6. The number of amides is 2. The highest BCUT2D eigenvalue weighted by molar-refractivity contribution is 7.89. The molecule has 1 heterocycles. The van der Waals surface area contributed by atoms with Crippen LogP contribution in [0.3, 0.4) is 0 Å². The van der Waals surface area contributed by atoms with Gasteiger partial charge in [0.2, 0.25) is 10.0 Å². The maximum atomic E-state index is 12.9. The highest BCUT2D eigenvalue weighted by atomic mass is 32.2. The van der Waals surface area contributed by atoms with Crippen molar-refractivity contribution in [3.8, 4) is 11.5 Å². The van der Waals surface area contributed by atoms with E-state index in [1.54, 1.807) is 36.4 Å². The quantitative estimate of drug-likeness (QED) is 0.546. The number of rotatable bonds is 8. The SMILES string of the molecule is COc1ccc(S(=O)(=O)N2CCO[C@@H]2CNC(=O)C(=O)NCc2ccccc2OC)cc1. The summed E-state index contributed by atoms with van der Waals surface area (Å²) in [7, 11) is -0.844. The van der Waals surface area contributed by atoms with Gasteiger partial charge in [0.15, 0.2) is 0 Å². The molecule has 1 atom stereocenters. The molecule has 0 spiro atoms. The van der Waals surface area contributed by atoms with Crippen LogP contribution in [0.1, 0.15) is 5.56 Å². The van der Waals surface area contributed by atoms with E-state index in [-0.39, 0.29) is 31.1 Å². The molecule has 2 aromatic carbocycles. The van der Waals surface area contributed by atoms with Crippen molar-refractivity contribution in [2.75, 3.05) is 33.9 Å². The van der Waals surface area contributed by atoms with Crippen LogP contribution in [0.4, 0.5) is 0 Å². The van der Waals surface area contributed by atoms with Crippen LogP contribution in [0.25, 0.3) is 0 Å². The molecule has 32 heavy (non-hydrogen) atoms. The first kappa shape index (κ1) is 23.5. The van der Waals surface area contributed by atoms with Gasteiger partial charge in [-0.15, -0.1) is 0 Å². The molecule has 3 rings (SSSR count). The number of methoxy groups -OCH3 is 2. The van der Waals surface area contributed by atoms with E-state index in [2.05, 4.69) is 10.6 Å². The third-order valence-electron chi connectivity index (χ3n) is 4.88. The number of para-hydroxylation sites is 1. The Morgan fingerprint density at radius 1 is 1.03 bits per heavy atom. The molecule has 0 aromatic heterocycles. The lowest BCUT2D eigenvalue weighted by Crippen LogP contribution is -2.47. The van der Waals surface area contributed by atoms with E-state index < -0.39 is 28.1 Å². The van der Waals surface area contributed by atoms with Gasteiger partial charge in [0.1, 0.15) is 17.7 Å². The van der Waals surface area contributed by atoms with Gasteiger partial charge < -0.3 is 24.8 Å². The van der Waals surface area contributed by atoms with Gasteiger partial charge in [0.25, 0.3) is 0 Å². The van der Waals surface area contributed by atoms with Crippen LogP contribution < -0.4 is 20.1 Å². The second kappa shape index (κ2) is 10.4. The number of carbonyl (C=O) groups excluding carboxylic acids is 2. The smallest absolute Gasteiger partial charge is 0.309 e. The monoisotopic (exact) mass is 463 g/mol. The van der Waals surface area contributed by atoms with Crippen LogP contribution in [-0.2, 0) is 30.9 Å². The zero-order valence-electron chi connectivity index (χ0n) is 17.7. The molecule has 1 aliphatic rings. The Balaban J connectivity index is 1.56. The van der Waals surface area contributed by atoms with E-state index in [0.717, 1.165) is 4.31 Å². The molecule has 2 N–H and O–H groups in total. The summed E-state index contributed by atoms with van der Waals surface area (Å²) in [6.07, 6.45) is -0.923. The molecule has 11 heteroatoms. The van der Waals surface area contributed by atoms with E-state index in [9.17, 15) is 18.0 Å². The predicted octanol–water partition coefficient (Wildman–Crippen LogP) is 0.483. The van der Waals surface area contributed by atoms with Crippen LogP contribution in [0.5, 0.6) is 11.5 Å². The molecule has 0 radical (unpaired) electrons. The molecule has 0 bridgehead atoms. The summed E-state index contributed by atoms with van der Waals surface area (Å²) in [6, 6.07) is 13.1. The number of ether oxygens (including phenoxy) is 3. The van der Waals surface area contributed by atoms with Gasteiger partial charge in [-0.05, 0) is 30.3 Å². The summed E-state index contributed by atoms with van der Waals surface area (Å²) >= 11 is 0. The molecule has 1 fully saturated rings. The van der Waals surface area contributed by atoms with Crippen molar-refractivity contribution in [3.63, 3.8) is 0 Å². The fourth-order valence-electron chi connectivity index (χ4n) is 3.19. The molecule has 1 saturated heterocycles. The Hall–Kier alpha value is -3.15. The van der Waals surface area contributed by atoms with Crippen molar-refractivity contribution in [2.24, 2.45) is 0 Å². The number of carbonyl (C=O) groups is 2. The predicted molar refractivity (Wildman–Crippen MR) is 114 cm³/mol. The lowest BCUT2D eigenvalue weighted by atomic mass is 10.2. The minimum atomic E-state index is -3.85. The van der Waals surface area contributed by atoms with Crippen LogP contribution in [0.15, 0.2) is 53.4 Å². The van der Waals surface area contributed by atoms with Crippen molar-refractivity contribution in [2.45, 2.75) is 17.7 Å². The number of nitrogens with zero attached hydrogens (tertiary/aromatic N) is 1. The van der Waals surface area contributed by atoms with Gasteiger partial charge in [-0.1, -0.05) is 18.2 Å². The lowest BCUT2D eigenvalue weighted by molar-refractivity contribution is -0.139. The molecule has 2 amide bonds. The summed E-state index contributed by atoms with van der Waals surface area (Å²) in [5.41, 5.74) is 0.715. The van der Waals surface area contributed by atoms with Gasteiger partial charge in [-0.25, -0.2) is 8.42 Å². The van der Waals surface area contributed by atoms with Gasteiger partial charge in [0.05, 0.1) is 32.3 Å². The average Bonchev–Trinajstić information content (AvgIpc) is 3.30. The Kier molecular flexibility index (Phi) is 7.67. The van der Waals surface area contributed by atoms with Gasteiger partial charge in [-0.3, -0.25) is 9.59 Å². The summed E-state index contributed by atoms with van der Waals surface area (Å²) in [4.78, 5) is 24.4. The molecule has 0 unspecified atom stereocenters. The second-order valence-electron chi connectivity index (χ2n) is 6.82. The number of sulfonamides is 1. The molecule has 0 saturated carbocycles. The summed E-state index contributed by atoms with van der Waals surface area (Å²) < 4.78 is 42.8. The van der Waals surface area contributed by atoms with E-state index in [4.69, 9.17) is 14.2 Å². The van der Waals surface area contributed by atoms with Crippen molar-refractivity contribution in [1.82, 2.24) is 14.9 Å². The van der Waals surface area contributed by atoms with Crippen LogP contribution in [0, 0.1) is 0 Å². The summed E-state index contributed by atoms with van der Waals surface area (Å²) in [6.45, 7) is 0.245. The first-order valence-corrected chi connectivity index (χ1v) is 11.3.